The third-order valence-corrected chi connectivity index (χ3v) is 3.03. The summed E-state index contributed by atoms with van der Waals surface area (Å²) in [5.74, 6) is -0.298. The van der Waals surface area contributed by atoms with Crippen LogP contribution >= 0.6 is 11.6 Å². The smallest absolute Gasteiger partial charge is 0.275 e. The van der Waals surface area contributed by atoms with Crippen LogP contribution in [0.2, 0.25) is 5.15 Å². The predicted octanol–water partition coefficient (Wildman–Crippen LogP) is 3.25. The molecule has 4 nitrogen and oxygen atoms in total. The lowest BCUT2D eigenvalue weighted by Crippen LogP contribution is -2.14. The summed E-state index contributed by atoms with van der Waals surface area (Å²) >= 11 is 5.63. The van der Waals surface area contributed by atoms with E-state index in [4.69, 9.17) is 11.6 Å². The van der Waals surface area contributed by atoms with Crippen molar-refractivity contribution in [3.8, 4) is 0 Å². The molecule has 0 unspecified atom stereocenters. The largest absolute Gasteiger partial charge is 0.321 e. The van der Waals surface area contributed by atoms with E-state index in [9.17, 15) is 4.79 Å². The molecule has 0 aliphatic carbocycles. The van der Waals surface area contributed by atoms with Gasteiger partial charge >= 0.3 is 0 Å². The standard InChI is InChI=1S/C14H14ClN3O/c1-3-10-4-5-11(6-9(10)2)18-14(19)12-7-17-13(15)8-16-12/h4-8H,3H2,1-2H3,(H,18,19). The van der Waals surface area contributed by atoms with Crippen LogP contribution in [0.1, 0.15) is 28.5 Å². The van der Waals surface area contributed by atoms with Gasteiger partial charge in [0.05, 0.1) is 12.4 Å². The molecular weight excluding hydrogens is 262 g/mol. The van der Waals surface area contributed by atoms with Crippen molar-refractivity contribution in [2.24, 2.45) is 0 Å². The summed E-state index contributed by atoms with van der Waals surface area (Å²) in [6, 6.07) is 5.84. The summed E-state index contributed by atoms with van der Waals surface area (Å²) in [4.78, 5) is 19.7. The second-order valence-corrected chi connectivity index (χ2v) is 4.56. The van der Waals surface area contributed by atoms with Gasteiger partial charge in [0, 0.05) is 5.69 Å². The fourth-order valence-electron chi connectivity index (χ4n) is 1.79. The minimum Gasteiger partial charge on any atom is -0.321 e. The Morgan fingerprint density at radius 1 is 1.32 bits per heavy atom. The molecule has 0 bridgehead atoms. The SMILES string of the molecule is CCc1ccc(NC(=O)c2cnc(Cl)cn2)cc1C. The molecule has 0 fully saturated rings. The zero-order valence-electron chi connectivity index (χ0n) is 10.8. The highest BCUT2D eigenvalue weighted by Gasteiger charge is 2.08. The van der Waals surface area contributed by atoms with Crippen LogP contribution in [0.15, 0.2) is 30.6 Å². The summed E-state index contributed by atoms with van der Waals surface area (Å²) in [5.41, 5.74) is 3.41. The average molecular weight is 276 g/mol. The molecule has 0 spiro atoms. The molecule has 1 amide bonds. The fraction of sp³-hybridized carbons (Fsp3) is 0.214. The van der Waals surface area contributed by atoms with Gasteiger partial charge in [0.2, 0.25) is 0 Å². The zero-order chi connectivity index (χ0) is 13.8. The first kappa shape index (κ1) is 13.5. The van der Waals surface area contributed by atoms with Crippen molar-refractivity contribution in [1.82, 2.24) is 9.97 Å². The van der Waals surface area contributed by atoms with Gasteiger partial charge < -0.3 is 5.32 Å². The molecule has 2 rings (SSSR count). The van der Waals surface area contributed by atoms with E-state index in [0.717, 1.165) is 17.7 Å². The van der Waals surface area contributed by atoms with Gasteiger partial charge in [0.1, 0.15) is 10.8 Å². The topological polar surface area (TPSA) is 54.9 Å². The van der Waals surface area contributed by atoms with Crippen LogP contribution in [0.5, 0.6) is 0 Å². The molecule has 1 N–H and O–H groups in total. The first-order valence-electron chi connectivity index (χ1n) is 5.98. The van der Waals surface area contributed by atoms with Gasteiger partial charge in [-0.1, -0.05) is 24.6 Å². The number of benzene rings is 1. The number of halogens is 1. The second kappa shape index (κ2) is 5.80. The van der Waals surface area contributed by atoms with Gasteiger partial charge in [-0.25, -0.2) is 9.97 Å². The van der Waals surface area contributed by atoms with Crippen LogP contribution in [-0.4, -0.2) is 15.9 Å². The second-order valence-electron chi connectivity index (χ2n) is 4.17. The first-order chi connectivity index (χ1) is 9.10. The van der Waals surface area contributed by atoms with Gasteiger partial charge in [-0.3, -0.25) is 4.79 Å². The molecular formula is C14H14ClN3O. The van der Waals surface area contributed by atoms with E-state index < -0.39 is 0 Å². The van der Waals surface area contributed by atoms with Gasteiger partial charge in [0.25, 0.3) is 5.91 Å². The van der Waals surface area contributed by atoms with Crippen LogP contribution in [0.3, 0.4) is 0 Å². The molecule has 5 heteroatoms. The third-order valence-electron chi connectivity index (χ3n) is 2.83. The monoisotopic (exact) mass is 275 g/mol. The van der Waals surface area contributed by atoms with E-state index in [1.807, 2.05) is 25.1 Å². The quantitative estimate of drug-likeness (QED) is 0.935. The molecule has 98 valence electrons. The number of aryl methyl sites for hydroxylation is 2. The molecule has 1 aromatic heterocycles. The van der Waals surface area contributed by atoms with Crippen molar-refractivity contribution < 1.29 is 4.79 Å². The highest BCUT2D eigenvalue weighted by atomic mass is 35.5. The van der Waals surface area contributed by atoms with E-state index in [-0.39, 0.29) is 16.8 Å². The molecule has 1 aromatic carbocycles. The number of aromatic nitrogens is 2. The van der Waals surface area contributed by atoms with E-state index in [1.165, 1.54) is 18.0 Å². The number of anilines is 1. The molecule has 0 saturated carbocycles. The van der Waals surface area contributed by atoms with Crippen LogP contribution in [0, 0.1) is 6.92 Å². The molecule has 2 aromatic rings. The van der Waals surface area contributed by atoms with E-state index >= 15 is 0 Å². The van der Waals surface area contributed by atoms with Gasteiger partial charge in [-0.15, -0.1) is 0 Å². The number of carbonyl (C=O) groups excluding carboxylic acids is 1. The van der Waals surface area contributed by atoms with Crippen LogP contribution in [0.25, 0.3) is 0 Å². The Hall–Kier alpha value is -1.94. The van der Waals surface area contributed by atoms with Crippen molar-refractivity contribution in [2.45, 2.75) is 20.3 Å². The van der Waals surface area contributed by atoms with Crippen molar-refractivity contribution in [3.63, 3.8) is 0 Å². The molecule has 0 radical (unpaired) electrons. The van der Waals surface area contributed by atoms with Crippen LogP contribution in [0.4, 0.5) is 5.69 Å². The Labute approximate surface area is 116 Å². The molecule has 0 atom stereocenters. The van der Waals surface area contributed by atoms with Crippen molar-refractivity contribution >= 4 is 23.2 Å². The van der Waals surface area contributed by atoms with Crippen LogP contribution in [-0.2, 0) is 6.42 Å². The van der Waals surface area contributed by atoms with Crippen molar-refractivity contribution in [1.29, 1.82) is 0 Å². The number of rotatable bonds is 3. The summed E-state index contributed by atoms with van der Waals surface area (Å²) in [6.45, 7) is 4.13. The van der Waals surface area contributed by atoms with E-state index in [1.54, 1.807) is 0 Å². The normalized spacial score (nSPS) is 10.3. The molecule has 0 aliphatic heterocycles. The highest BCUT2D eigenvalue weighted by molar-refractivity contribution is 6.29. The van der Waals surface area contributed by atoms with E-state index in [0.29, 0.717) is 0 Å². The lowest BCUT2D eigenvalue weighted by atomic mass is 10.1. The first-order valence-corrected chi connectivity index (χ1v) is 6.36. The lowest BCUT2D eigenvalue weighted by molar-refractivity contribution is 0.102. The van der Waals surface area contributed by atoms with Gasteiger partial charge in [0.15, 0.2) is 0 Å². The predicted molar refractivity (Wildman–Crippen MR) is 75.6 cm³/mol. The van der Waals surface area contributed by atoms with E-state index in [2.05, 4.69) is 22.2 Å². The molecule has 19 heavy (non-hydrogen) atoms. The number of carbonyl (C=O) groups is 1. The summed E-state index contributed by atoms with van der Waals surface area (Å²) in [7, 11) is 0. The highest BCUT2D eigenvalue weighted by Crippen LogP contribution is 2.16. The maximum Gasteiger partial charge on any atom is 0.275 e. The maximum atomic E-state index is 11.9. The Bertz CT molecular complexity index is 596. The average Bonchev–Trinajstić information content (AvgIpc) is 2.39. The van der Waals surface area contributed by atoms with Gasteiger partial charge in [-0.2, -0.15) is 0 Å². The maximum absolute atomic E-state index is 11.9. The summed E-state index contributed by atoms with van der Waals surface area (Å²) < 4.78 is 0. The Morgan fingerprint density at radius 2 is 2.11 bits per heavy atom. The number of nitrogens with zero attached hydrogens (tertiary/aromatic N) is 2. The third kappa shape index (κ3) is 3.29. The number of amides is 1. The Kier molecular flexibility index (Phi) is 4.12. The molecule has 0 aliphatic rings. The number of hydrogen-bond acceptors (Lipinski definition) is 3. The van der Waals surface area contributed by atoms with Crippen LogP contribution < -0.4 is 5.32 Å². The minimum atomic E-state index is -0.298. The molecule has 1 heterocycles. The minimum absolute atomic E-state index is 0.238. The lowest BCUT2D eigenvalue weighted by Gasteiger charge is -2.08. The number of hydrogen-bond donors (Lipinski definition) is 1. The van der Waals surface area contributed by atoms with Crippen molar-refractivity contribution in [2.75, 3.05) is 5.32 Å². The summed E-state index contributed by atoms with van der Waals surface area (Å²) in [6.07, 6.45) is 3.68. The number of nitrogens with one attached hydrogen (secondary N) is 1. The molecule has 0 saturated heterocycles. The summed E-state index contributed by atoms with van der Waals surface area (Å²) in [5, 5.41) is 3.05. The Balaban J connectivity index is 2.14. The van der Waals surface area contributed by atoms with Gasteiger partial charge in [-0.05, 0) is 36.6 Å². The fourth-order valence-corrected chi connectivity index (χ4v) is 1.89. The van der Waals surface area contributed by atoms with Crippen molar-refractivity contribution in [3.05, 3.63) is 52.6 Å². The zero-order valence-corrected chi connectivity index (χ0v) is 11.5. The Morgan fingerprint density at radius 3 is 2.68 bits per heavy atom.